The highest BCUT2D eigenvalue weighted by Crippen LogP contribution is 2.28. The van der Waals surface area contributed by atoms with Gasteiger partial charge in [-0.3, -0.25) is 9.69 Å². The molecule has 8 nitrogen and oxygen atoms in total. The lowest BCUT2D eigenvalue weighted by Crippen LogP contribution is -2.36. The van der Waals surface area contributed by atoms with E-state index >= 15 is 0 Å². The maximum Gasteiger partial charge on any atom is 0.254 e. The molecule has 158 valence electrons. The molecule has 1 N–H and O–H groups in total. The number of carbonyl (C=O) groups is 1. The summed E-state index contributed by atoms with van der Waals surface area (Å²) in [5.74, 6) is 0.879. The molecule has 9 heteroatoms. The van der Waals surface area contributed by atoms with Crippen molar-refractivity contribution in [3.05, 3.63) is 52.0 Å². The molecule has 30 heavy (non-hydrogen) atoms. The topological polar surface area (TPSA) is 85.2 Å². The predicted octanol–water partition coefficient (Wildman–Crippen LogP) is 2.86. The second-order valence-corrected chi connectivity index (χ2v) is 8.17. The van der Waals surface area contributed by atoms with Crippen molar-refractivity contribution in [1.29, 1.82) is 0 Å². The Bertz CT molecular complexity index is 964. The van der Waals surface area contributed by atoms with E-state index in [1.54, 1.807) is 41.5 Å². The number of thiophene rings is 1. The van der Waals surface area contributed by atoms with Crippen LogP contribution < -0.4 is 10.1 Å². The number of carbonyl (C=O) groups excluding carboxylic acids is 1. The molecule has 1 atom stereocenters. The average Bonchev–Trinajstić information content (AvgIpc) is 3.55. The molecule has 4 rings (SSSR count). The number of nitrogens with zero attached hydrogens (tertiary/aromatic N) is 5. The summed E-state index contributed by atoms with van der Waals surface area (Å²) in [4.78, 5) is 16.8. The van der Waals surface area contributed by atoms with E-state index in [9.17, 15) is 4.79 Å². The Morgan fingerprint density at radius 1 is 1.27 bits per heavy atom. The third kappa shape index (κ3) is 4.22. The summed E-state index contributed by atoms with van der Waals surface area (Å²) in [5, 5.41) is 17.8. The monoisotopic (exact) mass is 426 g/mol. The van der Waals surface area contributed by atoms with Gasteiger partial charge in [0.05, 0.1) is 30.6 Å². The van der Waals surface area contributed by atoms with Crippen molar-refractivity contribution in [3.8, 4) is 11.7 Å². The van der Waals surface area contributed by atoms with Gasteiger partial charge in [-0.2, -0.15) is 5.10 Å². The molecular weight excluding hydrogens is 400 g/mol. The van der Waals surface area contributed by atoms with Crippen LogP contribution in [0, 0.1) is 0 Å². The Morgan fingerprint density at radius 3 is 2.73 bits per heavy atom. The fourth-order valence-electron chi connectivity index (χ4n) is 3.86. The van der Waals surface area contributed by atoms with E-state index < -0.39 is 0 Å². The van der Waals surface area contributed by atoms with Gasteiger partial charge >= 0.3 is 0 Å². The van der Waals surface area contributed by atoms with Crippen molar-refractivity contribution >= 4 is 17.2 Å². The molecule has 1 aliphatic heterocycles. The molecule has 0 radical (unpaired) electrons. The molecule has 0 aromatic carbocycles. The maximum absolute atomic E-state index is 13.0. The Kier molecular flexibility index (Phi) is 6.39. The first-order valence-electron chi connectivity index (χ1n) is 10.2. The van der Waals surface area contributed by atoms with E-state index in [2.05, 4.69) is 43.0 Å². The van der Waals surface area contributed by atoms with E-state index in [0.717, 1.165) is 18.8 Å². The fourth-order valence-corrected chi connectivity index (χ4v) is 4.73. The Balaban J connectivity index is 1.50. The number of methoxy groups -OCH3 is 1. The number of likely N-dealkylation sites (tertiary alicyclic amines) is 1. The molecule has 0 aliphatic carbocycles. The van der Waals surface area contributed by atoms with Gasteiger partial charge in [0.15, 0.2) is 5.82 Å². The average molecular weight is 427 g/mol. The molecule has 0 unspecified atom stereocenters. The lowest BCUT2D eigenvalue weighted by molar-refractivity contribution is 0.0937. The minimum atomic E-state index is -0.111. The van der Waals surface area contributed by atoms with Gasteiger partial charge < -0.3 is 10.1 Å². The van der Waals surface area contributed by atoms with E-state index in [4.69, 9.17) is 4.74 Å². The minimum absolute atomic E-state index is 0.111. The van der Waals surface area contributed by atoms with Gasteiger partial charge in [-0.1, -0.05) is 13.0 Å². The van der Waals surface area contributed by atoms with E-state index in [1.165, 1.54) is 17.7 Å². The summed E-state index contributed by atoms with van der Waals surface area (Å²) in [5.41, 5.74) is 1.38. The lowest BCUT2D eigenvalue weighted by atomic mass is 10.1. The van der Waals surface area contributed by atoms with E-state index in [1.807, 2.05) is 6.92 Å². The number of hydrogen-bond donors (Lipinski definition) is 1. The summed E-state index contributed by atoms with van der Waals surface area (Å²) < 4.78 is 6.73. The SMILES string of the molecule is CCc1c(C(=O)NC[C@H](c2cccs2)N2CCCC2)cnn1-c1ccc(OC)nn1. The third-order valence-electron chi connectivity index (χ3n) is 5.41. The van der Waals surface area contributed by atoms with Gasteiger partial charge in [0.1, 0.15) is 0 Å². The molecule has 1 amide bonds. The second kappa shape index (κ2) is 9.36. The minimum Gasteiger partial charge on any atom is -0.480 e. The zero-order valence-corrected chi connectivity index (χ0v) is 18.1. The largest absolute Gasteiger partial charge is 0.480 e. The highest BCUT2D eigenvalue weighted by molar-refractivity contribution is 7.10. The van der Waals surface area contributed by atoms with Crippen LogP contribution >= 0.6 is 11.3 Å². The van der Waals surface area contributed by atoms with Crippen molar-refractivity contribution in [2.45, 2.75) is 32.2 Å². The van der Waals surface area contributed by atoms with E-state index in [-0.39, 0.29) is 11.9 Å². The van der Waals surface area contributed by atoms with Crippen LogP contribution in [0.25, 0.3) is 5.82 Å². The van der Waals surface area contributed by atoms with Crippen LogP contribution in [0.1, 0.15) is 46.7 Å². The van der Waals surface area contributed by atoms with Crippen LogP contribution in [0.5, 0.6) is 5.88 Å². The van der Waals surface area contributed by atoms with Gasteiger partial charge in [-0.15, -0.1) is 21.5 Å². The van der Waals surface area contributed by atoms with Crippen LogP contribution in [0.15, 0.2) is 35.8 Å². The molecule has 1 fully saturated rings. The normalized spacial score (nSPS) is 15.3. The number of nitrogens with one attached hydrogen (secondary N) is 1. The van der Waals surface area contributed by atoms with Gasteiger partial charge in [-0.25, -0.2) is 4.68 Å². The van der Waals surface area contributed by atoms with E-state index in [0.29, 0.717) is 30.2 Å². The third-order valence-corrected chi connectivity index (χ3v) is 6.38. The summed E-state index contributed by atoms with van der Waals surface area (Å²) in [7, 11) is 1.54. The molecule has 0 bridgehead atoms. The first-order valence-corrected chi connectivity index (χ1v) is 11.1. The predicted molar refractivity (Wildman–Crippen MR) is 115 cm³/mol. The van der Waals surface area contributed by atoms with Crippen molar-refractivity contribution in [2.24, 2.45) is 0 Å². The summed E-state index contributed by atoms with van der Waals surface area (Å²) in [6.45, 7) is 4.73. The Labute approximate surface area is 179 Å². The number of amides is 1. The van der Waals surface area contributed by atoms with Crippen LogP contribution in [0.4, 0.5) is 0 Å². The van der Waals surface area contributed by atoms with Crippen LogP contribution in [0.2, 0.25) is 0 Å². The highest BCUT2D eigenvalue weighted by Gasteiger charge is 2.26. The number of aromatic nitrogens is 4. The van der Waals surface area contributed by atoms with Gasteiger partial charge in [0.2, 0.25) is 5.88 Å². The first kappa shape index (κ1) is 20.5. The summed E-state index contributed by atoms with van der Waals surface area (Å²) >= 11 is 1.74. The van der Waals surface area contributed by atoms with Gasteiger partial charge in [-0.05, 0) is 49.9 Å². The van der Waals surface area contributed by atoms with Crippen LogP contribution in [-0.2, 0) is 6.42 Å². The number of ether oxygens (including phenoxy) is 1. The van der Waals surface area contributed by atoms with Crippen molar-refractivity contribution in [2.75, 3.05) is 26.7 Å². The summed E-state index contributed by atoms with van der Waals surface area (Å²) in [6.07, 6.45) is 4.68. The Morgan fingerprint density at radius 2 is 2.10 bits per heavy atom. The van der Waals surface area contributed by atoms with Crippen molar-refractivity contribution in [3.63, 3.8) is 0 Å². The van der Waals surface area contributed by atoms with Crippen LogP contribution in [0.3, 0.4) is 0 Å². The Hall–Kier alpha value is -2.78. The standard InChI is InChI=1S/C21H26N6O2S/c1-3-16-15(13-23-27(16)19-8-9-20(29-2)25-24-19)21(28)22-14-17(18-7-6-12-30-18)26-10-4-5-11-26/h6-9,12-13,17H,3-5,10-11,14H2,1-2H3,(H,22,28)/t17-/m1/s1. The van der Waals surface area contributed by atoms with Crippen molar-refractivity contribution in [1.82, 2.24) is 30.2 Å². The zero-order chi connectivity index (χ0) is 20.9. The second-order valence-electron chi connectivity index (χ2n) is 7.19. The smallest absolute Gasteiger partial charge is 0.254 e. The first-order chi connectivity index (χ1) is 14.7. The fraction of sp³-hybridized carbons (Fsp3) is 0.429. The molecule has 0 saturated carbocycles. The number of hydrogen-bond acceptors (Lipinski definition) is 7. The van der Waals surface area contributed by atoms with Crippen LogP contribution in [-0.4, -0.2) is 57.5 Å². The molecule has 3 aromatic heterocycles. The molecule has 3 aromatic rings. The molecule has 4 heterocycles. The molecule has 1 saturated heterocycles. The molecular formula is C21H26N6O2S. The maximum atomic E-state index is 13.0. The zero-order valence-electron chi connectivity index (χ0n) is 17.2. The quantitative estimate of drug-likeness (QED) is 0.596. The summed E-state index contributed by atoms with van der Waals surface area (Å²) in [6, 6.07) is 7.94. The molecule has 1 aliphatic rings. The van der Waals surface area contributed by atoms with Gasteiger partial charge in [0, 0.05) is 17.5 Å². The van der Waals surface area contributed by atoms with Crippen molar-refractivity contribution < 1.29 is 9.53 Å². The lowest BCUT2D eigenvalue weighted by Gasteiger charge is -2.26. The van der Waals surface area contributed by atoms with Gasteiger partial charge in [0.25, 0.3) is 5.91 Å². The number of rotatable bonds is 8. The molecule has 0 spiro atoms. The highest BCUT2D eigenvalue weighted by atomic mass is 32.1.